The highest BCUT2D eigenvalue weighted by molar-refractivity contribution is 7.40. The second-order valence-corrected chi connectivity index (χ2v) is 3.38. The van der Waals surface area contributed by atoms with Crippen molar-refractivity contribution in [2.24, 2.45) is 0 Å². The van der Waals surface area contributed by atoms with E-state index < -0.39 is 15.6 Å². The topological polar surface area (TPSA) is 172 Å². The third-order valence-electron chi connectivity index (χ3n) is 0.289. The number of allylic oxidation sites excluding steroid dienone is 1. The van der Waals surface area contributed by atoms with Gasteiger partial charge in [0.25, 0.3) is 0 Å². The molecule has 8 nitrogen and oxygen atoms in total. The summed E-state index contributed by atoms with van der Waals surface area (Å²) in [6.45, 7) is 5.54. The molecule has 0 amide bonds. The van der Waals surface area contributed by atoms with E-state index in [1.807, 2.05) is 6.08 Å². The molecule has 0 saturated heterocycles. The summed E-state index contributed by atoms with van der Waals surface area (Å²) in [5, 5.41) is 0. The van der Waals surface area contributed by atoms with Crippen LogP contribution in [-0.4, -0.2) is 0 Å². The van der Waals surface area contributed by atoms with Gasteiger partial charge in [-0.2, -0.15) is 15.6 Å². The van der Waals surface area contributed by atoms with Crippen molar-refractivity contribution >= 4 is 15.6 Å². The molecule has 0 aromatic rings. The summed E-state index contributed by atoms with van der Waals surface area (Å²) in [5.74, 6) is 0. The summed E-state index contributed by atoms with van der Waals surface area (Å²) >= 11 is 0. The Morgan fingerprint density at radius 1 is 1.00 bits per heavy atom. The first-order chi connectivity index (χ1) is 5.91. The van der Waals surface area contributed by atoms with Gasteiger partial charge in [-0.05, 0) is 6.42 Å². The molecule has 0 unspecified atom stereocenters. The fraction of sp³-hybridized carbons (Fsp3) is 0.500. The zero-order valence-corrected chi connectivity index (χ0v) is 8.94. The molecule has 0 atom stereocenters. The largest absolute Gasteiger partial charge is 0.822 e. The molecule has 10 heteroatoms. The molecule has 0 aliphatic heterocycles. The predicted molar refractivity (Wildman–Crippen MR) is 35.7 cm³/mol. The lowest BCUT2D eigenvalue weighted by Crippen LogP contribution is -2.24. The van der Waals surface area contributed by atoms with Crippen molar-refractivity contribution in [3.05, 3.63) is 12.7 Å². The summed E-state index contributed by atoms with van der Waals surface area (Å²) in [6, 6.07) is 0. The Balaban J connectivity index is -0.000000131. The molecule has 0 bridgehead atoms. The highest BCUT2D eigenvalue weighted by Gasteiger charge is 1.45. The van der Waals surface area contributed by atoms with Gasteiger partial charge in [0.05, 0.1) is 0 Å². The van der Waals surface area contributed by atoms with Gasteiger partial charge < -0.3 is 38.5 Å². The third-order valence-corrected chi connectivity index (χ3v) is 0.289. The van der Waals surface area contributed by atoms with Crippen LogP contribution in [0.3, 0.4) is 0 Å². The summed E-state index contributed by atoms with van der Waals surface area (Å²) in [7, 11) is -10.8. The van der Waals surface area contributed by atoms with Gasteiger partial charge in [-0.3, -0.25) is 0 Å². The van der Waals surface area contributed by atoms with Gasteiger partial charge in [-0.15, -0.1) is 6.58 Å². The summed E-state index contributed by atoms with van der Waals surface area (Å²) in [5.41, 5.74) is 0. The highest BCUT2D eigenvalue weighted by atomic mass is 31.2. The lowest BCUT2D eigenvalue weighted by atomic mass is 10.5. The Bertz CT molecular complexity index is 177. The first kappa shape index (κ1) is 19.5. The van der Waals surface area contributed by atoms with Gasteiger partial charge in [-0.1, -0.05) is 13.0 Å². The van der Waals surface area contributed by atoms with Gasteiger partial charge in [0.1, 0.15) is 0 Å². The van der Waals surface area contributed by atoms with Crippen molar-refractivity contribution in [2.45, 2.75) is 13.3 Å². The molecule has 0 heterocycles. The molecule has 88 valence electrons. The molecule has 0 rings (SSSR count). The van der Waals surface area contributed by atoms with Crippen LogP contribution in [-0.2, 0) is 9.13 Å². The Hall–Kier alpha value is -0.0400. The van der Waals surface area contributed by atoms with Crippen molar-refractivity contribution in [3.8, 4) is 0 Å². The van der Waals surface area contributed by atoms with Crippen LogP contribution >= 0.6 is 15.6 Å². The minimum Gasteiger partial charge on any atom is -0.822 e. The number of hydrogen-bond acceptors (Lipinski definition) is 8. The van der Waals surface area contributed by atoms with Crippen molar-refractivity contribution in [1.82, 2.24) is 0 Å². The van der Waals surface area contributed by atoms with Crippen LogP contribution in [0, 0.1) is 0 Å². The molecular formula is C4H8O8P2-6. The van der Waals surface area contributed by atoms with E-state index in [1.165, 1.54) is 0 Å². The molecular weight excluding hydrogens is 238 g/mol. The predicted octanol–water partition coefficient (Wildman–Crippen LogP) is -4.07. The fourth-order valence-electron chi connectivity index (χ4n) is 0. The van der Waals surface area contributed by atoms with Gasteiger partial charge in [0.15, 0.2) is 0 Å². The molecule has 0 radical (unpaired) electrons. The lowest BCUT2D eigenvalue weighted by molar-refractivity contribution is -0.434. The molecule has 0 aliphatic rings. The van der Waals surface area contributed by atoms with Crippen molar-refractivity contribution in [2.75, 3.05) is 0 Å². The molecule has 0 aliphatic carbocycles. The van der Waals surface area contributed by atoms with E-state index in [4.69, 9.17) is 38.5 Å². The number of rotatable bonds is 1. The maximum Gasteiger partial charge on any atom is -0.0382 e. The van der Waals surface area contributed by atoms with Crippen molar-refractivity contribution < 1.29 is 38.5 Å². The zero-order valence-electron chi connectivity index (χ0n) is 7.15. The van der Waals surface area contributed by atoms with E-state index >= 15 is 0 Å². The van der Waals surface area contributed by atoms with E-state index in [0.29, 0.717) is 0 Å². The van der Waals surface area contributed by atoms with Crippen LogP contribution in [0.15, 0.2) is 12.7 Å². The Kier molecular flexibility index (Phi) is 13.3. The normalized spacial score (nSPS) is 10.2. The molecule has 0 N–H and O–H groups in total. The van der Waals surface area contributed by atoms with Crippen LogP contribution in [0.2, 0.25) is 0 Å². The summed E-state index contributed by atoms with van der Waals surface area (Å²) < 4.78 is 17.1. The Labute approximate surface area is 81.0 Å². The Morgan fingerprint density at radius 3 is 1.07 bits per heavy atom. The highest BCUT2D eigenvalue weighted by Crippen LogP contribution is 2.03. The van der Waals surface area contributed by atoms with Crippen molar-refractivity contribution in [3.63, 3.8) is 0 Å². The minimum atomic E-state index is -5.39. The van der Waals surface area contributed by atoms with E-state index in [-0.39, 0.29) is 0 Å². The van der Waals surface area contributed by atoms with E-state index in [1.54, 1.807) is 0 Å². The lowest BCUT2D eigenvalue weighted by Gasteiger charge is -2.36. The average molecular weight is 246 g/mol. The first-order valence-electron chi connectivity index (χ1n) is 2.98. The first-order valence-corrected chi connectivity index (χ1v) is 5.91. The van der Waals surface area contributed by atoms with Gasteiger partial charge >= 0.3 is 0 Å². The summed E-state index contributed by atoms with van der Waals surface area (Å²) in [4.78, 5) is 51.3. The van der Waals surface area contributed by atoms with Crippen LogP contribution in [0.5, 0.6) is 0 Å². The number of hydrogen-bond donors (Lipinski definition) is 0. The van der Waals surface area contributed by atoms with Crippen LogP contribution in [0.25, 0.3) is 0 Å². The Morgan fingerprint density at radius 2 is 1.07 bits per heavy atom. The molecule has 0 saturated carbocycles. The summed E-state index contributed by atoms with van der Waals surface area (Å²) in [6.07, 6.45) is 2.96. The van der Waals surface area contributed by atoms with Gasteiger partial charge in [0, 0.05) is 0 Å². The smallest absolute Gasteiger partial charge is 0.0382 e. The molecule has 0 aromatic heterocycles. The quantitative estimate of drug-likeness (QED) is 0.331. The van der Waals surface area contributed by atoms with Crippen LogP contribution in [0.1, 0.15) is 13.3 Å². The minimum absolute atomic E-state index is 1.08. The maximum absolute atomic E-state index is 8.55. The van der Waals surface area contributed by atoms with E-state index in [0.717, 1.165) is 6.42 Å². The third kappa shape index (κ3) is 1560. The maximum atomic E-state index is 8.55. The fourth-order valence-corrected chi connectivity index (χ4v) is 0. The SMILES string of the molecule is C=CCC.O=P([O-])([O-])[O-].O=P([O-])([O-])[O-]. The standard InChI is InChI=1S/C4H8.2H3O4P/c1-3-4-2;2*1-5(2,3)4/h3H,1,4H2,2H3;2*(H3,1,2,3,4)/p-6. The average Bonchev–Trinajstić information content (AvgIpc) is 1.79. The second kappa shape index (κ2) is 9.51. The number of phosphoric acid groups is 2. The molecule has 14 heavy (non-hydrogen) atoms. The second-order valence-electron chi connectivity index (χ2n) is 1.59. The van der Waals surface area contributed by atoms with E-state index in [9.17, 15) is 0 Å². The van der Waals surface area contributed by atoms with Gasteiger partial charge in [-0.25, -0.2) is 0 Å². The van der Waals surface area contributed by atoms with Gasteiger partial charge in [0.2, 0.25) is 0 Å². The monoisotopic (exact) mass is 246 g/mol. The molecule has 0 fully saturated rings. The van der Waals surface area contributed by atoms with Crippen LogP contribution in [0.4, 0.5) is 0 Å². The van der Waals surface area contributed by atoms with Crippen LogP contribution < -0.4 is 29.4 Å². The molecule has 0 aromatic carbocycles. The van der Waals surface area contributed by atoms with Crippen molar-refractivity contribution in [1.29, 1.82) is 0 Å². The molecule has 0 spiro atoms. The van der Waals surface area contributed by atoms with E-state index in [2.05, 4.69) is 13.5 Å². The zero-order chi connectivity index (χ0) is 12.4.